The zero-order valence-electron chi connectivity index (χ0n) is 16.4. The fourth-order valence-electron chi connectivity index (χ4n) is 3.23. The van der Waals surface area contributed by atoms with E-state index in [0.717, 1.165) is 24.3 Å². The number of piperazine rings is 1. The number of nitrogens with zero attached hydrogens (tertiary/aromatic N) is 2. The lowest BCUT2D eigenvalue weighted by molar-refractivity contribution is -0.131. The standard InChI is InChI=1S/C22H26FN3O3/c23-19-8-10-20(11-9-19)25-13-15-26(16-14-25)21(27)7-4-12-24-22(28)29-17-18-5-2-1-3-6-18/h1-3,5-6,8-11H,4,7,12-17H2,(H,24,28). The molecular weight excluding hydrogens is 373 g/mol. The second kappa shape index (κ2) is 10.5. The van der Waals surface area contributed by atoms with Crippen LogP contribution in [-0.2, 0) is 16.1 Å². The fourth-order valence-corrected chi connectivity index (χ4v) is 3.23. The largest absolute Gasteiger partial charge is 0.445 e. The third-order valence-electron chi connectivity index (χ3n) is 4.87. The second-order valence-corrected chi connectivity index (χ2v) is 6.94. The van der Waals surface area contributed by atoms with Crippen molar-refractivity contribution in [3.05, 3.63) is 66.0 Å². The Morgan fingerprint density at radius 2 is 1.66 bits per heavy atom. The summed E-state index contributed by atoms with van der Waals surface area (Å²) in [5.41, 5.74) is 1.90. The van der Waals surface area contributed by atoms with Gasteiger partial charge in [0.05, 0.1) is 0 Å². The normalized spacial score (nSPS) is 13.8. The minimum atomic E-state index is -0.478. The summed E-state index contributed by atoms with van der Waals surface area (Å²) in [7, 11) is 0. The predicted molar refractivity (Wildman–Crippen MR) is 109 cm³/mol. The van der Waals surface area contributed by atoms with Gasteiger partial charge < -0.3 is 19.9 Å². The molecule has 0 spiro atoms. The van der Waals surface area contributed by atoms with Crippen LogP contribution >= 0.6 is 0 Å². The highest BCUT2D eigenvalue weighted by molar-refractivity contribution is 5.76. The van der Waals surface area contributed by atoms with Gasteiger partial charge in [-0.1, -0.05) is 30.3 Å². The molecule has 1 aliphatic rings. The number of alkyl carbamates (subject to hydrolysis) is 1. The van der Waals surface area contributed by atoms with Crippen LogP contribution in [0.4, 0.5) is 14.9 Å². The van der Waals surface area contributed by atoms with Crippen molar-refractivity contribution < 1.29 is 18.7 Å². The summed E-state index contributed by atoms with van der Waals surface area (Å²) >= 11 is 0. The van der Waals surface area contributed by atoms with E-state index >= 15 is 0 Å². The van der Waals surface area contributed by atoms with Crippen molar-refractivity contribution in [3.63, 3.8) is 0 Å². The van der Waals surface area contributed by atoms with Crippen molar-refractivity contribution >= 4 is 17.7 Å². The zero-order chi connectivity index (χ0) is 20.5. The maximum Gasteiger partial charge on any atom is 0.407 e. The van der Waals surface area contributed by atoms with E-state index in [1.165, 1.54) is 12.1 Å². The van der Waals surface area contributed by atoms with Crippen molar-refractivity contribution in [2.45, 2.75) is 19.4 Å². The van der Waals surface area contributed by atoms with Crippen LogP contribution in [0.3, 0.4) is 0 Å². The van der Waals surface area contributed by atoms with Crippen molar-refractivity contribution in [2.24, 2.45) is 0 Å². The number of hydrogen-bond acceptors (Lipinski definition) is 4. The average Bonchev–Trinajstić information content (AvgIpc) is 2.76. The van der Waals surface area contributed by atoms with Crippen LogP contribution in [0.5, 0.6) is 0 Å². The number of halogens is 1. The summed E-state index contributed by atoms with van der Waals surface area (Å²) in [5.74, 6) is -0.164. The van der Waals surface area contributed by atoms with Gasteiger partial charge in [0.15, 0.2) is 0 Å². The molecule has 2 amide bonds. The van der Waals surface area contributed by atoms with Crippen molar-refractivity contribution in [3.8, 4) is 0 Å². The lowest BCUT2D eigenvalue weighted by Gasteiger charge is -2.36. The predicted octanol–water partition coefficient (Wildman–Crippen LogP) is 3.18. The number of anilines is 1. The van der Waals surface area contributed by atoms with Crippen LogP contribution in [0.2, 0.25) is 0 Å². The maximum absolute atomic E-state index is 13.0. The molecule has 0 saturated carbocycles. The van der Waals surface area contributed by atoms with Gasteiger partial charge in [-0.25, -0.2) is 9.18 Å². The van der Waals surface area contributed by atoms with E-state index in [9.17, 15) is 14.0 Å². The molecule has 29 heavy (non-hydrogen) atoms. The van der Waals surface area contributed by atoms with E-state index in [4.69, 9.17) is 4.74 Å². The topological polar surface area (TPSA) is 61.9 Å². The molecule has 0 bridgehead atoms. The molecule has 0 aromatic heterocycles. The quantitative estimate of drug-likeness (QED) is 0.727. The monoisotopic (exact) mass is 399 g/mol. The lowest BCUT2D eigenvalue weighted by Crippen LogP contribution is -2.48. The first kappa shape index (κ1) is 20.6. The van der Waals surface area contributed by atoms with E-state index in [0.29, 0.717) is 32.5 Å². The molecule has 154 valence electrons. The van der Waals surface area contributed by atoms with Crippen LogP contribution in [0.15, 0.2) is 54.6 Å². The van der Waals surface area contributed by atoms with Crippen molar-refractivity contribution in [2.75, 3.05) is 37.6 Å². The fraction of sp³-hybridized carbons (Fsp3) is 0.364. The highest BCUT2D eigenvalue weighted by Crippen LogP contribution is 2.17. The smallest absolute Gasteiger partial charge is 0.407 e. The van der Waals surface area contributed by atoms with E-state index in [1.807, 2.05) is 35.2 Å². The lowest BCUT2D eigenvalue weighted by atomic mass is 10.2. The van der Waals surface area contributed by atoms with Crippen LogP contribution in [-0.4, -0.2) is 49.6 Å². The van der Waals surface area contributed by atoms with Crippen LogP contribution < -0.4 is 10.2 Å². The Morgan fingerprint density at radius 3 is 2.34 bits per heavy atom. The van der Waals surface area contributed by atoms with Gasteiger partial charge >= 0.3 is 6.09 Å². The number of carbonyl (C=O) groups excluding carboxylic acids is 2. The summed E-state index contributed by atoms with van der Waals surface area (Å²) in [4.78, 5) is 28.0. The molecule has 0 unspecified atom stereocenters. The molecule has 7 heteroatoms. The van der Waals surface area contributed by atoms with E-state index in [2.05, 4.69) is 10.2 Å². The third kappa shape index (κ3) is 6.48. The number of ether oxygens (including phenoxy) is 1. The molecule has 2 aromatic carbocycles. The van der Waals surface area contributed by atoms with E-state index in [-0.39, 0.29) is 18.3 Å². The summed E-state index contributed by atoms with van der Waals surface area (Å²) in [6, 6.07) is 15.9. The van der Waals surface area contributed by atoms with E-state index in [1.54, 1.807) is 12.1 Å². The Kier molecular flexibility index (Phi) is 7.44. The zero-order valence-corrected chi connectivity index (χ0v) is 16.4. The molecule has 1 heterocycles. The summed E-state index contributed by atoms with van der Waals surface area (Å²) < 4.78 is 18.2. The maximum atomic E-state index is 13.0. The van der Waals surface area contributed by atoms with Gasteiger partial charge in [-0.15, -0.1) is 0 Å². The Labute approximate surface area is 170 Å². The molecule has 0 aliphatic carbocycles. The van der Waals surface area contributed by atoms with Gasteiger partial charge in [0.1, 0.15) is 12.4 Å². The molecule has 0 atom stereocenters. The first-order chi connectivity index (χ1) is 14.1. The molecule has 1 saturated heterocycles. The van der Waals surface area contributed by atoms with Crippen LogP contribution in [0.25, 0.3) is 0 Å². The third-order valence-corrected chi connectivity index (χ3v) is 4.87. The van der Waals surface area contributed by atoms with Gasteiger partial charge in [0.25, 0.3) is 0 Å². The molecule has 1 N–H and O–H groups in total. The average molecular weight is 399 g/mol. The number of nitrogens with one attached hydrogen (secondary N) is 1. The van der Waals surface area contributed by atoms with Gasteiger partial charge in [-0.05, 0) is 36.2 Å². The summed E-state index contributed by atoms with van der Waals surface area (Å²) in [5, 5.41) is 2.67. The van der Waals surface area contributed by atoms with E-state index < -0.39 is 6.09 Å². The summed E-state index contributed by atoms with van der Waals surface area (Å²) in [6.45, 7) is 3.35. The minimum absolute atomic E-state index is 0.0863. The number of benzene rings is 2. The SMILES string of the molecule is O=C(NCCCC(=O)N1CCN(c2ccc(F)cc2)CC1)OCc1ccccc1. The van der Waals surface area contributed by atoms with Gasteiger partial charge in [0, 0.05) is 44.8 Å². The number of amides is 2. The van der Waals surface area contributed by atoms with Crippen molar-refractivity contribution in [1.82, 2.24) is 10.2 Å². The molecule has 2 aromatic rings. The summed E-state index contributed by atoms with van der Waals surface area (Å²) in [6.07, 6.45) is 0.474. The Hall–Kier alpha value is -3.09. The first-order valence-corrected chi connectivity index (χ1v) is 9.84. The van der Waals surface area contributed by atoms with Gasteiger partial charge in [0.2, 0.25) is 5.91 Å². The van der Waals surface area contributed by atoms with Crippen LogP contribution in [0, 0.1) is 5.82 Å². The van der Waals surface area contributed by atoms with Gasteiger partial charge in [-0.2, -0.15) is 0 Å². The molecule has 0 radical (unpaired) electrons. The number of hydrogen-bond donors (Lipinski definition) is 1. The number of rotatable bonds is 7. The molecule has 3 rings (SSSR count). The van der Waals surface area contributed by atoms with Crippen molar-refractivity contribution in [1.29, 1.82) is 0 Å². The molecule has 1 aliphatic heterocycles. The minimum Gasteiger partial charge on any atom is -0.445 e. The Bertz CT molecular complexity index is 791. The molecule has 6 nitrogen and oxygen atoms in total. The first-order valence-electron chi connectivity index (χ1n) is 9.84. The Balaban J connectivity index is 1.29. The molecular formula is C22H26FN3O3. The second-order valence-electron chi connectivity index (χ2n) is 6.94. The highest BCUT2D eigenvalue weighted by Gasteiger charge is 2.21. The van der Waals surface area contributed by atoms with Gasteiger partial charge in [-0.3, -0.25) is 4.79 Å². The Morgan fingerprint density at radius 1 is 0.966 bits per heavy atom. The molecule has 1 fully saturated rings. The number of carbonyl (C=O) groups is 2. The van der Waals surface area contributed by atoms with Crippen LogP contribution in [0.1, 0.15) is 18.4 Å². The highest BCUT2D eigenvalue weighted by atomic mass is 19.1.